The fourth-order valence-electron chi connectivity index (χ4n) is 1.33. The van der Waals surface area contributed by atoms with Gasteiger partial charge in [0.1, 0.15) is 15.9 Å². The Morgan fingerprint density at radius 3 is 2.42 bits per heavy atom. The van der Waals surface area contributed by atoms with E-state index >= 15 is 0 Å². The lowest BCUT2D eigenvalue weighted by Crippen LogP contribution is -2.39. The molecule has 19 heavy (non-hydrogen) atoms. The van der Waals surface area contributed by atoms with Gasteiger partial charge in [-0.2, -0.15) is 11.8 Å². The second-order valence-electron chi connectivity index (χ2n) is 4.08. The Bertz CT molecular complexity index is 394. The molecule has 1 amide bonds. The minimum atomic E-state index is -2.92. The van der Waals surface area contributed by atoms with Gasteiger partial charge >= 0.3 is 5.97 Å². The summed E-state index contributed by atoms with van der Waals surface area (Å²) in [5.41, 5.74) is 0. The predicted molar refractivity (Wildman–Crippen MR) is 76.1 cm³/mol. The molecule has 0 saturated heterocycles. The van der Waals surface area contributed by atoms with Crippen molar-refractivity contribution in [1.82, 2.24) is 5.32 Å². The lowest BCUT2D eigenvalue weighted by Gasteiger charge is -2.12. The zero-order chi connectivity index (χ0) is 14.9. The Kier molecular flexibility index (Phi) is 8.82. The van der Waals surface area contributed by atoms with Crippen LogP contribution < -0.4 is 5.32 Å². The molecule has 2 N–H and O–H groups in total. The van der Waals surface area contributed by atoms with Crippen LogP contribution in [0.1, 0.15) is 26.7 Å². The van der Waals surface area contributed by atoms with Crippen molar-refractivity contribution in [2.75, 3.05) is 23.0 Å². The molecule has 0 spiro atoms. The average molecular weight is 311 g/mol. The molecule has 0 aromatic rings. The number of carboxylic acids is 1. The van der Waals surface area contributed by atoms with Gasteiger partial charge in [-0.1, -0.05) is 6.92 Å². The highest BCUT2D eigenvalue weighted by Gasteiger charge is 2.17. The zero-order valence-corrected chi connectivity index (χ0v) is 12.8. The van der Waals surface area contributed by atoms with Crippen LogP contribution in [-0.4, -0.2) is 54.5 Å². The van der Waals surface area contributed by atoms with Gasteiger partial charge in [0.25, 0.3) is 0 Å². The van der Waals surface area contributed by atoms with Crippen molar-refractivity contribution in [3.8, 4) is 0 Å². The van der Waals surface area contributed by atoms with Crippen LogP contribution in [0.5, 0.6) is 0 Å². The van der Waals surface area contributed by atoms with E-state index in [1.807, 2.05) is 0 Å². The number of sulfone groups is 1. The van der Waals surface area contributed by atoms with Crippen LogP contribution in [0.2, 0.25) is 0 Å². The van der Waals surface area contributed by atoms with Gasteiger partial charge in [0, 0.05) is 12.7 Å². The Balaban J connectivity index is 3.78. The van der Waals surface area contributed by atoms with Crippen LogP contribution in [-0.2, 0) is 19.4 Å². The molecule has 0 heterocycles. The zero-order valence-electron chi connectivity index (χ0n) is 11.2. The van der Waals surface area contributed by atoms with Crippen molar-refractivity contribution >= 4 is 33.5 Å². The topological polar surface area (TPSA) is 101 Å². The fraction of sp³-hybridized carbons (Fsp3) is 0.818. The molecule has 0 fully saturated rings. The van der Waals surface area contributed by atoms with Crippen LogP contribution in [0, 0.1) is 0 Å². The third-order valence-electron chi connectivity index (χ3n) is 2.41. The Morgan fingerprint density at radius 1 is 1.32 bits per heavy atom. The van der Waals surface area contributed by atoms with Gasteiger partial charge in [0.05, 0.1) is 5.75 Å². The van der Waals surface area contributed by atoms with Gasteiger partial charge in [-0.05, 0) is 24.3 Å². The monoisotopic (exact) mass is 311 g/mol. The summed E-state index contributed by atoms with van der Waals surface area (Å²) in [5.74, 6) is 0.150. The number of aliphatic carboxylic acids is 1. The van der Waals surface area contributed by atoms with Gasteiger partial charge in [-0.25, -0.2) is 13.2 Å². The molecule has 0 aliphatic carbocycles. The van der Waals surface area contributed by atoms with E-state index in [1.165, 1.54) is 18.7 Å². The van der Waals surface area contributed by atoms with Crippen molar-refractivity contribution in [1.29, 1.82) is 0 Å². The third kappa shape index (κ3) is 9.77. The van der Waals surface area contributed by atoms with Crippen molar-refractivity contribution in [3.05, 3.63) is 0 Å². The van der Waals surface area contributed by atoms with E-state index in [-0.39, 0.29) is 17.4 Å². The Hall–Kier alpha value is -0.760. The minimum Gasteiger partial charge on any atom is -0.480 e. The average Bonchev–Trinajstić information content (AvgIpc) is 2.31. The van der Waals surface area contributed by atoms with Crippen LogP contribution in [0.3, 0.4) is 0 Å². The summed E-state index contributed by atoms with van der Waals surface area (Å²) in [7, 11) is -2.92. The number of thioether (sulfide) groups is 1. The molecule has 6 nitrogen and oxygen atoms in total. The first kappa shape index (κ1) is 18.2. The van der Waals surface area contributed by atoms with E-state index in [4.69, 9.17) is 5.11 Å². The lowest BCUT2D eigenvalue weighted by atomic mass is 10.2. The quantitative estimate of drug-likeness (QED) is 0.571. The predicted octanol–water partition coefficient (Wildman–Crippen LogP) is 0.524. The maximum absolute atomic E-state index is 11.2. The van der Waals surface area contributed by atoms with E-state index in [0.29, 0.717) is 24.3 Å². The molecule has 0 aromatic heterocycles. The van der Waals surface area contributed by atoms with Crippen LogP contribution in [0.25, 0.3) is 0 Å². The SMILES string of the molecule is CCS(=O)(=O)CCCSCCC(NC(C)=O)C(=O)O. The fourth-order valence-corrected chi connectivity index (χ4v) is 3.34. The first-order chi connectivity index (χ1) is 8.78. The second-order valence-corrected chi connectivity index (χ2v) is 7.78. The van der Waals surface area contributed by atoms with E-state index in [2.05, 4.69) is 5.32 Å². The normalized spacial score (nSPS) is 12.9. The number of hydrogen-bond acceptors (Lipinski definition) is 5. The number of carbonyl (C=O) groups is 2. The van der Waals surface area contributed by atoms with Crippen molar-refractivity contribution < 1.29 is 23.1 Å². The number of rotatable bonds is 10. The molecule has 112 valence electrons. The van der Waals surface area contributed by atoms with E-state index in [9.17, 15) is 18.0 Å². The standard InChI is InChI=1S/C11H21NO5S2/c1-3-19(16,17)8-4-6-18-7-5-10(11(14)15)12-9(2)13/h10H,3-8H2,1-2H3,(H,12,13)(H,14,15). The first-order valence-corrected chi connectivity index (χ1v) is 9.04. The summed E-state index contributed by atoms with van der Waals surface area (Å²) < 4.78 is 22.4. The highest BCUT2D eigenvalue weighted by molar-refractivity contribution is 7.99. The number of amides is 1. The Morgan fingerprint density at radius 2 is 1.95 bits per heavy atom. The van der Waals surface area contributed by atoms with E-state index in [1.54, 1.807) is 6.92 Å². The highest BCUT2D eigenvalue weighted by Crippen LogP contribution is 2.08. The van der Waals surface area contributed by atoms with Crippen LogP contribution >= 0.6 is 11.8 Å². The summed E-state index contributed by atoms with van der Waals surface area (Å²) in [6.07, 6.45) is 0.902. The molecule has 1 atom stereocenters. The molecule has 0 aliphatic heterocycles. The van der Waals surface area contributed by atoms with Crippen molar-refractivity contribution in [2.45, 2.75) is 32.7 Å². The molecule has 1 unspecified atom stereocenters. The van der Waals surface area contributed by atoms with Gasteiger partial charge in [0.15, 0.2) is 0 Å². The molecule has 8 heteroatoms. The van der Waals surface area contributed by atoms with Gasteiger partial charge in [-0.15, -0.1) is 0 Å². The molecular weight excluding hydrogens is 290 g/mol. The van der Waals surface area contributed by atoms with Crippen molar-refractivity contribution in [2.24, 2.45) is 0 Å². The second kappa shape index (κ2) is 9.19. The molecule has 0 rings (SSSR count). The maximum Gasteiger partial charge on any atom is 0.326 e. The summed E-state index contributed by atoms with van der Waals surface area (Å²) in [6, 6.07) is -0.871. The summed E-state index contributed by atoms with van der Waals surface area (Å²) in [4.78, 5) is 21.6. The third-order valence-corrected chi connectivity index (χ3v) is 5.30. The molecule has 0 bridgehead atoms. The number of nitrogens with one attached hydrogen (secondary N) is 1. The Labute approximate surface area is 118 Å². The number of hydrogen-bond donors (Lipinski definition) is 2. The van der Waals surface area contributed by atoms with E-state index < -0.39 is 21.8 Å². The van der Waals surface area contributed by atoms with Crippen LogP contribution in [0.15, 0.2) is 0 Å². The van der Waals surface area contributed by atoms with Gasteiger partial charge < -0.3 is 10.4 Å². The van der Waals surface area contributed by atoms with Gasteiger partial charge in [0.2, 0.25) is 5.91 Å². The number of carboxylic acid groups (broad SMARTS) is 1. The van der Waals surface area contributed by atoms with Crippen molar-refractivity contribution in [3.63, 3.8) is 0 Å². The molecular formula is C11H21NO5S2. The minimum absolute atomic E-state index is 0.154. The molecule has 0 aromatic carbocycles. The largest absolute Gasteiger partial charge is 0.480 e. The smallest absolute Gasteiger partial charge is 0.326 e. The van der Waals surface area contributed by atoms with E-state index in [0.717, 1.165) is 0 Å². The molecule has 0 aliphatic rings. The highest BCUT2D eigenvalue weighted by atomic mass is 32.2. The maximum atomic E-state index is 11.2. The summed E-state index contributed by atoms with van der Waals surface area (Å²) >= 11 is 1.50. The molecule has 0 radical (unpaired) electrons. The lowest BCUT2D eigenvalue weighted by molar-refractivity contribution is -0.141. The first-order valence-electron chi connectivity index (χ1n) is 6.06. The van der Waals surface area contributed by atoms with Crippen LogP contribution in [0.4, 0.5) is 0 Å². The summed E-state index contributed by atoms with van der Waals surface area (Å²) in [5, 5.41) is 11.2. The number of carbonyl (C=O) groups excluding carboxylic acids is 1. The van der Waals surface area contributed by atoms with Gasteiger partial charge in [-0.3, -0.25) is 4.79 Å². The summed E-state index contributed by atoms with van der Waals surface area (Å²) in [6.45, 7) is 2.89. The molecule has 0 saturated carbocycles.